The topological polar surface area (TPSA) is 58.6 Å². The average molecular weight is 324 g/mol. The SMILES string of the molecule is CCCOc1ccccc1NC(=O)N1CC[S@@](=O)CC[C@@H]1C. The van der Waals surface area contributed by atoms with Gasteiger partial charge in [0.15, 0.2) is 0 Å². The Morgan fingerprint density at radius 1 is 1.41 bits per heavy atom. The third-order valence-corrected chi connectivity index (χ3v) is 5.04. The Balaban J connectivity index is 2.06. The number of carbonyl (C=O) groups excluding carboxylic acids is 1. The number of nitrogens with zero attached hydrogens (tertiary/aromatic N) is 1. The molecule has 1 fully saturated rings. The molecule has 1 saturated heterocycles. The molecule has 2 atom stereocenters. The van der Waals surface area contributed by atoms with E-state index in [1.165, 1.54) is 0 Å². The lowest BCUT2D eigenvalue weighted by molar-refractivity contribution is 0.196. The van der Waals surface area contributed by atoms with Gasteiger partial charge in [0.2, 0.25) is 0 Å². The maximum absolute atomic E-state index is 12.5. The van der Waals surface area contributed by atoms with Gasteiger partial charge in [-0.25, -0.2) is 4.79 Å². The van der Waals surface area contributed by atoms with E-state index in [1.807, 2.05) is 38.1 Å². The van der Waals surface area contributed by atoms with Crippen LogP contribution in [0.3, 0.4) is 0 Å². The molecule has 1 aliphatic rings. The minimum Gasteiger partial charge on any atom is -0.491 e. The molecule has 1 aromatic carbocycles. The molecule has 0 aromatic heterocycles. The van der Waals surface area contributed by atoms with Gasteiger partial charge in [-0.05, 0) is 31.9 Å². The second-order valence-corrected chi connectivity index (χ2v) is 7.15. The Hall–Kier alpha value is -1.56. The van der Waals surface area contributed by atoms with Crippen LogP contribution in [0.2, 0.25) is 0 Å². The first kappa shape index (κ1) is 16.8. The van der Waals surface area contributed by atoms with Crippen LogP contribution in [0.15, 0.2) is 24.3 Å². The Labute approximate surface area is 134 Å². The lowest BCUT2D eigenvalue weighted by atomic mass is 10.2. The molecule has 0 aliphatic carbocycles. The number of urea groups is 1. The molecule has 2 amide bonds. The van der Waals surface area contributed by atoms with E-state index >= 15 is 0 Å². The molecule has 0 bridgehead atoms. The molecule has 122 valence electrons. The average Bonchev–Trinajstić information content (AvgIpc) is 2.68. The van der Waals surface area contributed by atoms with Crippen molar-refractivity contribution in [2.75, 3.05) is 30.0 Å². The van der Waals surface area contributed by atoms with Crippen LogP contribution in [0, 0.1) is 0 Å². The summed E-state index contributed by atoms with van der Waals surface area (Å²) in [5, 5.41) is 2.93. The maximum Gasteiger partial charge on any atom is 0.322 e. The molecule has 0 radical (unpaired) electrons. The van der Waals surface area contributed by atoms with E-state index in [0.717, 1.165) is 12.8 Å². The van der Waals surface area contributed by atoms with Crippen LogP contribution in [0.1, 0.15) is 26.7 Å². The van der Waals surface area contributed by atoms with Gasteiger partial charge in [0.25, 0.3) is 0 Å². The first-order chi connectivity index (χ1) is 10.6. The normalized spacial score (nSPS) is 22.0. The number of ether oxygens (including phenoxy) is 1. The van der Waals surface area contributed by atoms with Crippen LogP contribution in [-0.4, -0.2) is 45.8 Å². The van der Waals surface area contributed by atoms with E-state index in [4.69, 9.17) is 4.74 Å². The molecule has 1 aliphatic heterocycles. The van der Waals surface area contributed by atoms with Crippen molar-refractivity contribution in [1.82, 2.24) is 4.90 Å². The molecule has 0 unspecified atom stereocenters. The molecule has 1 N–H and O–H groups in total. The van der Waals surface area contributed by atoms with Gasteiger partial charge in [0.1, 0.15) is 5.75 Å². The van der Waals surface area contributed by atoms with Crippen molar-refractivity contribution in [3.8, 4) is 5.75 Å². The Kier molecular flexibility index (Phi) is 6.24. The zero-order valence-corrected chi connectivity index (χ0v) is 14.0. The zero-order valence-electron chi connectivity index (χ0n) is 13.2. The van der Waals surface area contributed by atoms with Gasteiger partial charge >= 0.3 is 6.03 Å². The molecule has 1 aromatic rings. The standard InChI is InChI=1S/C16H24N2O3S/c1-3-10-21-15-7-5-4-6-14(15)17-16(19)18-9-12-22(20)11-8-13(18)2/h4-7,13H,3,8-12H2,1-2H3,(H,17,19)/t13-,22-/m0/s1. The Morgan fingerprint density at radius 2 is 2.18 bits per heavy atom. The highest BCUT2D eigenvalue weighted by atomic mass is 32.2. The number of hydrogen-bond acceptors (Lipinski definition) is 3. The molecule has 1 heterocycles. The lowest BCUT2D eigenvalue weighted by Crippen LogP contribution is -2.42. The van der Waals surface area contributed by atoms with Gasteiger partial charge in [-0.2, -0.15) is 0 Å². The molecular weight excluding hydrogens is 300 g/mol. The van der Waals surface area contributed by atoms with Crippen molar-refractivity contribution in [3.63, 3.8) is 0 Å². The monoisotopic (exact) mass is 324 g/mol. The van der Waals surface area contributed by atoms with Gasteiger partial charge in [0.05, 0.1) is 12.3 Å². The van der Waals surface area contributed by atoms with Crippen LogP contribution in [0.5, 0.6) is 5.75 Å². The first-order valence-electron chi connectivity index (χ1n) is 7.76. The fourth-order valence-corrected chi connectivity index (χ4v) is 3.59. The predicted octanol–water partition coefficient (Wildman–Crippen LogP) is 2.85. The summed E-state index contributed by atoms with van der Waals surface area (Å²) < 4.78 is 17.3. The zero-order chi connectivity index (χ0) is 15.9. The van der Waals surface area contributed by atoms with Crippen LogP contribution >= 0.6 is 0 Å². The largest absolute Gasteiger partial charge is 0.491 e. The number of amides is 2. The van der Waals surface area contributed by atoms with Crippen molar-refractivity contribution in [2.45, 2.75) is 32.7 Å². The first-order valence-corrected chi connectivity index (χ1v) is 9.25. The van der Waals surface area contributed by atoms with E-state index < -0.39 is 10.8 Å². The van der Waals surface area contributed by atoms with Crippen LogP contribution in [-0.2, 0) is 10.8 Å². The van der Waals surface area contributed by atoms with E-state index in [2.05, 4.69) is 5.32 Å². The van der Waals surface area contributed by atoms with Crippen molar-refractivity contribution in [1.29, 1.82) is 0 Å². The highest BCUT2D eigenvalue weighted by molar-refractivity contribution is 7.85. The van der Waals surface area contributed by atoms with Gasteiger partial charge in [-0.15, -0.1) is 0 Å². The number of rotatable bonds is 4. The molecule has 5 nitrogen and oxygen atoms in total. The van der Waals surface area contributed by atoms with Gasteiger partial charge < -0.3 is 15.0 Å². The summed E-state index contributed by atoms with van der Waals surface area (Å²) in [4.78, 5) is 14.3. The number of nitrogens with one attached hydrogen (secondary N) is 1. The molecule has 2 rings (SSSR count). The fourth-order valence-electron chi connectivity index (χ4n) is 2.38. The molecule has 22 heavy (non-hydrogen) atoms. The third kappa shape index (κ3) is 4.47. The predicted molar refractivity (Wildman–Crippen MR) is 89.9 cm³/mol. The van der Waals surface area contributed by atoms with E-state index in [1.54, 1.807) is 4.90 Å². The summed E-state index contributed by atoms with van der Waals surface area (Å²) >= 11 is 0. The van der Waals surface area contributed by atoms with Crippen molar-refractivity contribution < 1.29 is 13.7 Å². The maximum atomic E-state index is 12.5. The quantitative estimate of drug-likeness (QED) is 0.926. The summed E-state index contributed by atoms with van der Waals surface area (Å²) in [5.74, 6) is 1.90. The van der Waals surface area contributed by atoms with Crippen LogP contribution in [0.25, 0.3) is 0 Å². The highest BCUT2D eigenvalue weighted by Gasteiger charge is 2.24. The van der Waals surface area contributed by atoms with Gasteiger partial charge in [-0.3, -0.25) is 4.21 Å². The summed E-state index contributed by atoms with van der Waals surface area (Å²) in [6.45, 7) is 5.19. The van der Waals surface area contributed by atoms with E-state index in [9.17, 15) is 9.00 Å². The fraction of sp³-hybridized carbons (Fsp3) is 0.562. The highest BCUT2D eigenvalue weighted by Crippen LogP contribution is 2.25. The van der Waals surface area contributed by atoms with Gasteiger partial charge in [-0.1, -0.05) is 19.1 Å². The molecule has 0 spiro atoms. The Morgan fingerprint density at radius 3 is 2.95 bits per heavy atom. The van der Waals surface area contributed by atoms with Crippen molar-refractivity contribution >= 4 is 22.5 Å². The second kappa shape index (κ2) is 8.17. The molecule has 0 saturated carbocycles. The van der Waals surface area contributed by atoms with Gasteiger partial charge in [0, 0.05) is 34.9 Å². The smallest absolute Gasteiger partial charge is 0.322 e. The van der Waals surface area contributed by atoms with Crippen molar-refractivity contribution in [3.05, 3.63) is 24.3 Å². The number of hydrogen-bond donors (Lipinski definition) is 1. The second-order valence-electron chi connectivity index (χ2n) is 5.45. The van der Waals surface area contributed by atoms with Crippen LogP contribution in [0.4, 0.5) is 10.5 Å². The van der Waals surface area contributed by atoms with Crippen molar-refractivity contribution in [2.24, 2.45) is 0 Å². The summed E-state index contributed by atoms with van der Waals surface area (Å²) in [7, 11) is -0.817. The number of benzene rings is 1. The van der Waals surface area contributed by atoms with E-state index in [-0.39, 0.29) is 12.1 Å². The van der Waals surface area contributed by atoms with E-state index in [0.29, 0.717) is 36.1 Å². The number of para-hydroxylation sites is 2. The molecule has 6 heteroatoms. The van der Waals surface area contributed by atoms with Crippen LogP contribution < -0.4 is 10.1 Å². The molecular formula is C16H24N2O3S. The minimum atomic E-state index is -0.817. The third-order valence-electron chi connectivity index (χ3n) is 3.71. The lowest BCUT2D eigenvalue weighted by Gasteiger charge is -2.27. The number of carbonyl (C=O) groups is 1. The summed E-state index contributed by atoms with van der Waals surface area (Å²) in [6, 6.07) is 7.39. The summed E-state index contributed by atoms with van der Waals surface area (Å²) in [6.07, 6.45) is 1.69. The minimum absolute atomic E-state index is 0.0928. The number of anilines is 1. The Bertz CT molecular complexity index is 536. The summed E-state index contributed by atoms with van der Waals surface area (Å²) in [5.41, 5.74) is 0.679.